The second-order valence-corrected chi connectivity index (χ2v) is 2.50. The first-order valence-electron chi connectivity index (χ1n) is 3.74. The lowest BCUT2D eigenvalue weighted by Crippen LogP contribution is -2.18. The van der Waals surface area contributed by atoms with Crippen LogP contribution in [0.1, 0.15) is 5.82 Å². The first-order chi connectivity index (χ1) is 6.51. The van der Waals surface area contributed by atoms with Crippen LogP contribution >= 0.6 is 0 Å². The van der Waals surface area contributed by atoms with Crippen LogP contribution in [0.5, 0.6) is 0 Å². The van der Waals surface area contributed by atoms with Crippen molar-refractivity contribution in [2.45, 2.75) is 19.5 Å². The molecule has 0 aliphatic heterocycles. The van der Waals surface area contributed by atoms with Gasteiger partial charge in [-0.2, -0.15) is 18.3 Å². The summed E-state index contributed by atoms with van der Waals surface area (Å²) in [6, 6.07) is 0. The molecule has 0 aliphatic carbocycles. The van der Waals surface area contributed by atoms with Gasteiger partial charge in [0.1, 0.15) is 19.7 Å². The Bertz CT molecular complexity index is 285. The van der Waals surface area contributed by atoms with Gasteiger partial charge in [0.25, 0.3) is 0 Å². The Hall–Kier alpha value is -1.15. The van der Waals surface area contributed by atoms with Gasteiger partial charge in [-0.3, -0.25) is 0 Å². The highest BCUT2D eigenvalue weighted by Gasteiger charge is 2.27. The van der Waals surface area contributed by atoms with Gasteiger partial charge in [0, 0.05) is 0 Å². The third-order valence-corrected chi connectivity index (χ3v) is 1.26. The minimum absolute atomic E-state index is 0.145. The number of nitrogens with two attached hydrogens (primary N) is 1. The molecule has 1 aromatic heterocycles. The van der Waals surface area contributed by atoms with Crippen LogP contribution in [-0.2, 0) is 18.0 Å². The standard InChI is InChI=1S/C6H9F3N4O/c7-6(8,9)2-14-4-13-3-11-5(1-10)12-13/h3H,1-2,4,10H2. The van der Waals surface area contributed by atoms with Crippen LogP contribution in [-0.4, -0.2) is 27.5 Å². The quantitative estimate of drug-likeness (QED) is 0.774. The Morgan fingerprint density at radius 3 is 2.71 bits per heavy atom. The highest BCUT2D eigenvalue weighted by atomic mass is 19.4. The molecule has 1 aromatic rings. The molecule has 0 saturated heterocycles. The van der Waals surface area contributed by atoms with Gasteiger partial charge in [0.15, 0.2) is 5.82 Å². The number of aromatic nitrogens is 3. The molecule has 0 aromatic carbocycles. The molecule has 0 atom stereocenters. The number of hydrogen-bond acceptors (Lipinski definition) is 4. The summed E-state index contributed by atoms with van der Waals surface area (Å²) in [6.45, 7) is -1.44. The van der Waals surface area contributed by atoms with Crippen molar-refractivity contribution in [1.82, 2.24) is 14.8 Å². The van der Waals surface area contributed by atoms with Crippen molar-refractivity contribution in [2.24, 2.45) is 5.73 Å². The summed E-state index contributed by atoms with van der Waals surface area (Å²) >= 11 is 0. The predicted octanol–water partition coefficient (Wildman–Crippen LogP) is 0.273. The van der Waals surface area contributed by atoms with E-state index in [2.05, 4.69) is 14.8 Å². The molecule has 1 heterocycles. The fourth-order valence-electron chi connectivity index (χ4n) is 0.744. The molecule has 2 N–H and O–H groups in total. The second-order valence-electron chi connectivity index (χ2n) is 2.50. The number of rotatable bonds is 4. The van der Waals surface area contributed by atoms with Crippen molar-refractivity contribution in [2.75, 3.05) is 6.61 Å². The summed E-state index contributed by atoms with van der Waals surface area (Å²) in [7, 11) is 0. The minimum Gasteiger partial charge on any atom is -0.350 e. The van der Waals surface area contributed by atoms with Crippen LogP contribution < -0.4 is 5.73 Å². The molecule has 0 spiro atoms. The molecule has 1 rings (SSSR count). The Morgan fingerprint density at radius 2 is 2.21 bits per heavy atom. The number of alkyl halides is 3. The lowest BCUT2D eigenvalue weighted by molar-refractivity contribution is -0.182. The van der Waals surface area contributed by atoms with Crippen molar-refractivity contribution in [3.63, 3.8) is 0 Å². The van der Waals surface area contributed by atoms with E-state index in [1.807, 2.05) is 0 Å². The van der Waals surface area contributed by atoms with Crippen molar-refractivity contribution in [3.05, 3.63) is 12.2 Å². The van der Waals surface area contributed by atoms with E-state index < -0.39 is 12.8 Å². The van der Waals surface area contributed by atoms with Gasteiger partial charge in [-0.15, -0.1) is 0 Å². The highest BCUT2D eigenvalue weighted by Crippen LogP contribution is 2.14. The predicted molar refractivity (Wildman–Crippen MR) is 39.9 cm³/mol. The van der Waals surface area contributed by atoms with Gasteiger partial charge in [-0.25, -0.2) is 9.67 Å². The van der Waals surface area contributed by atoms with E-state index in [1.54, 1.807) is 0 Å². The Labute approximate surface area is 77.7 Å². The maximum Gasteiger partial charge on any atom is 0.411 e. The highest BCUT2D eigenvalue weighted by molar-refractivity contribution is 4.78. The molecule has 8 heteroatoms. The molecule has 0 amide bonds. The SMILES string of the molecule is NCc1ncn(COCC(F)(F)F)n1. The lowest BCUT2D eigenvalue weighted by atomic mass is 10.6. The molecule has 0 fully saturated rings. The number of hydrogen-bond donors (Lipinski definition) is 1. The summed E-state index contributed by atoms with van der Waals surface area (Å²) < 4.78 is 40.4. The van der Waals surface area contributed by atoms with E-state index in [-0.39, 0.29) is 13.3 Å². The van der Waals surface area contributed by atoms with Crippen molar-refractivity contribution in [3.8, 4) is 0 Å². The first kappa shape index (κ1) is 10.9. The summed E-state index contributed by atoms with van der Waals surface area (Å²) in [5.74, 6) is 0.362. The average molecular weight is 210 g/mol. The maximum absolute atomic E-state index is 11.6. The van der Waals surface area contributed by atoms with Crippen LogP contribution in [0.25, 0.3) is 0 Å². The largest absolute Gasteiger partial charge is 0.411 e. The molecule has 14 heavy (non-hydrogen) atoms. The molecule has 5 nitrogen and oxygen atoms in total. The molecule has 0 unspecified atom stereocenters. The molecule has 0 bridgehead atoms. The fraction of sp³-hybridized carbons (Fsp3) is 0.667. The molecule has 0 radical (unpaired) electrons. The van der Waals surface area contributed by atoms with Crippen molar-refractivity contribution >= 4 is 0 Å². The van der Waals surface area contributed by atoms with E-state index in [1.165, 1.54) is 6.33 Å². The number of ether oxygens (including phenoxy) is 1. The number of nitrogens with zero attached hydrogens (tertiary/aromatic N) is 3. The van der Waals surface area contributed by atoms with Gasteiger partial charge >= 0.3 is 6.18 Å². The lowest BCUT2D eigenvalue weighted by Gasteiger charge is -2.06. The zero-order valence-electron chi connectivity index (χ0n) is 7.16. The van der Waals surface area contributed by atoms with Crippen LogP contribution in [0.15, 0.2) is 6.33 Å². The topological polar surface area (TPSA) is 66.0 Å². The smallest absolute Gasteiger partial charge is 0.350 e. The van der Waals surface area contributed by atoms with E-state index >= 15 is 0 Å². The third-order valence-electron chi connectivity index (χ3n) is 1.26. The van der Waals surface area contributed by atoms with Gasteiger partial charge in [-0.1, -0.05) is 0 Å². The van der Waals surface area contributed by atoms with Gasteiger partial charge in [0.05, 0.1) is 6.54 Å². The molecular formula is C6H9F3N4O. The fourth-order valence-corrected chi connectivity index (χ4v) is 0.744. The maximum atomic E-state index is 11.6. The minimum atomic E-state index is -4.32. The number of halogens is 3. The Balaban J connectivity index is 2.31. The van der Waals surface area contributed by atoms with Crippen LogP contribution in [0.2, 0.25) is 0 Å². The van der Waals surface area contributed by atoms with Crippen LogP contribution in [0, 0.1) is 0 Å². The van der Waals surface area contributed by atoms with E-state index in [4.69, 9.17) is 5.73 Å². The van der Waals surface area contributed by atoms with Crippen molar-refractivity contribution < 1.29 is 17.9 Å². The van der Waals surface area contributed by atoms with Gasteiger partial charge in [0.2, 0.25) is 0 Å². The zero-order chi connectivity index (χ0) is 10.6. The van der Waals surface area contributed by atoms with E-state index in [0.717, 1.165) is 4.68 Å². The summed E-state index contributed by atoms with van der Waals surface area (Å²) in [4.78, 5) is 3.72. The van der Waals surface area contributed by atoms with Gasteiger partial charge < -0.3 is 10.5 Å². The summed E-state index contributed by atoms with van der Waals surface area (Å²) in [6.07, 6.45) is -3.06. The first-order valence-corrected chi connectivity index (χ1v) is 3.74. The monoisotopic (exact) mass is 210 g/mol. The molecule has 0 aliphatic rings. The Morgan fingerprint density at radius 1 is 1.50 bits per heavy atom. The summed E-state index contributed by atoms with van der Waals surface area (Å²) in [5, 5.41) is 3.74. The van der Waals surface area contributed by atoms with Crippen molar-refractivity contribution in [1.29, 1.82) is 0 Å². The van der Waals surface area contributed by atoms with E-state index in [9.17, 15) is 13.2 Å². The summed E-state index contributed by atoms with van der Waals surface area (Å²) in [5.41, 5.74) is 5.20. The van der Waals surface area contributed by atoms with Gasteiger partial charge in [-0.05, 0) is 0 Å². The zero-order valence-corrected chi connectivity index (χ0v) is 7.16. The molecule has 80 valence electrons. The molecular weight excluding hydrogens is 201 g/mol. The Kier molecular flexibility index (Phi) is 3.42. The van der Waals surface area contributed by atoms with Crippen LogP contribution in [0.3, 0.4) is 0 Å². The van der Waals surface area contributed by atoms with E-state index in [0.29, 0.717) is 5.82 Å². The average Bonchev–Trinajstić information content (AvgIpc) is 2.50. The van der Waals surface area contributed by atoms with Crippen LogP contribution in [0.4, 0.5) is 13.2 Å². The normalized spacial score (nSPS) is 12.0. The third kappa shape index (κ3) is 3.71. The molecule has 0 saturated carbocycles. The second kappa shape index (κ2) is 4.38.